The van der Waals surface area contributed by atoms with Crippen LogP contribution in [0.15, 0.2) is 0 Å². The van der Waals surface area contributed by atoms with Crippen LogP contribution < -0.4 is 0 Å². The molecule has 1 saturated carbocycles. The first-order valence-electron chi connectivity index (χ1n) is 9.31. The van der Waals surface area contributed by atoms with E-state index in [1.807, 2.05) is 6.92 Å². The molecule has 5 rings (SSSR count). The summed E-state index contributed by atoms with van der Waals surface area (Å²) >= 11 is 0. The highest BCUT2D eigenvalue weighted by Gasteiger charge is 2.69. The van der Waals surface area contributed by atoms with Crippen LogP contribution in [0.2, 0.25) is 0 Å². The average molecular weight is 326 g/mol. The molecule has 0 aromatic heterocycles. The predicted molar refractivity (Wildman–Crippen MR) is 83.1 cm³/mol. The van der Waals surface area contributed by atoms with Gasteiger partial charge in [-0.2, -0.15) is 0 Å². The Morgan fingerprint density at radius 3 is 2.70 bits per heavy atom. The molecule has 23 heavy (non-hydrogen) atoms. The molecule has 5 aliphatic rings. The zero-order chi connectivity index (χ0) is 16.2. The summed E-state index contributed by atoms with van der Waals surface area (Å²) in [5.74, 6) is 1.12. The molecular formula is C18H30O5. The van der Waals surface area contributed by atoms with Gasteiger partial charge in [0, 0.05) is 18.9 Å². The third kappa shape index (κ3) is 2.31. The summed E-state index contributed by atoms with van der Waals surface area (Å²) in [6.45, 7) is 6.78. The molecule has 4 saturated heterocycles. The van der Waals surface area contributed by atoms with Crippen molar-refractivity contribution in [1.29, 1.82) is 0 Å². The van der Waals surface area contributed by atoms with Crippen molar-refractivity contribution in [3.63, 3.8) is 0 Å². The average Bonchev–Trinajstić information content (AvgIpc) is 2.76. The van der Waals surface area contributed by atoms with Gasteiger partial charge in [0.1, 0.15) is 0 Å². The van der Waals surface area contributed by atoms with Crippen LogP contribution in [-0.2, 0) is 19.2 Å². The van der Waals surface area contributed by atoms with Crippen molar-refractivity contribution in [3.05, 3.63) is 0 Å². The van der Waals surface area contributed by atoms with E-state index in [0.717, 1.165) is 32.1 Å². The minimum Gasteiger partial charge on any atom is -0.396 e. The minimum absolute atomic E-state index is 0.128. The number of fused-ring (bicyclic) bond motifs is 2. The van der Waals surface area contributed by atoms with Crippen molar-refractivity contribution in [3.8, 4) is 0 Å². The van der Waals surface area contributed by atoms with Gasteiger partial charge in [-0.25, -0.2) is 9.78 Å². The van der Waals surface area contributed by atoms with Crippen LogP contribution in [-0.4, -0.2) is 35.5 Å². The van der Waals surface area contributed by atoms with Gasteiger partial charge in [-0.15, -0.1) is 0 Å². The number of aliphatic hydroxyl groups excluding tert-OH is 1. The molecule has 1 aliphatic carbocycles. The predicted octanol–water partition coefficient (Wildman–Crippen LogP) is 3.01. The highest BCUT2D eigenvalue weighted by atomic mass is 17.3. The van der Waals surface area contributed by atoms with Gasteiger partial charge >= 0.3 is 0 Å². The van der Waals surface area contributed by atoms with Crippen LogP contribution in [0.5, 0.6) is 0 Å². The lowest BCUT2D eigenvalue weighted by Crippen LogP contribution is -2.70. The first kappa shape index (κ1) is 16.3. The van der Waals surface area contributed by atoms with Gasteiger partial charge in [0.15, 0.2) is 11.9 Å². The molecular weight excluding hydrogens is 296 g/mol. The van der Waals surface area contributed by atoms with Crippen LogP contribution in [0.4, 0.5) is 0 Å². The Labute approximate surface area is 138 Å². The minimum atomic E-state index is -0.695. The Hall–Kier alpha value is -0.200. The van der Waals surface area contributed by atoms with E-state index >= 15 is 0 Å². The molecule has 1 N–H and O–H groups in total. The highest BCUT2D eigenvalue weighted by molar-refractivity contribution is 5.09. The summed E-state index contributed by atoms with van der Waals surface area (Å²) in [6, 6.07) is 0. The fourth-order valence-electron chi connectivity index (χ4n) is 5.60. The number of rotatable bonds is 3. The van der Waals surface area contributed by atoms with E-state index in [-0.39, 0.29) is 19.0 Å². The number of aliphatic hydroxyl groups is 1. The molecule has 132 valence electrons. The van der Waals surface area contributed by atoms with Crippen molar-refractivity contribution in [2.45, 2.75) is 83.1 Å². The standard InChI is InChI=1S/C18H30O5/c1-11-6-7-14-12(2)15(5-4-10-19)20-16-18(14)13(11)8-9-17(3,21-16)22-23-18/h11-16,19H,4-10H2,1-3H3/t11-,12-,13+,14+,15+,16-,17+,18-/m1/s1. The van der Waals surface area contributed by atoms with Crippen LogP contribution >= 0.6 is 0 Å². The lowest BCUT2D eigenvalue weighted by atomic mass is 9.57. The molecule has 5 heteroatoms. The van der Waals surface area contributed by atoms with Gasteiger partial charge in [0.25, 0.3) is 0 Å². The first-order valence-corrected chi connectivity index (χ1v) is 9.31. The molecule has 0 aromatic carbocycles. The van der Waals surface area contributed by atoms with Gasteiger partial charge in [0.2, 0.25) is 5.79 Å². The van der Waals surface area contributed by atoms with Crippen LogP contribution in [0.1, 0.15) is 59.3 Å². The van der Waals surface area contributed by atoms with E-state index in [9.17, 15) is 5.11 Å². The fraction of sp³-hybridized carbons (Fsp3) is 1.00. The largest absolute Gasteiger partial charge is 0.396 e. The second kappa shape index (κ2) is 5.67. The molecule has 8 atom stereocenters. The monoisotopic (exact) mass is 326 g/mol. The molecule has 5 nitrogen and oxygen atoms in total. The Morgan fingerprint density at radius 1 is 1.09 bits per heavy atom. The lowest BCUT2D eigenvalue weighted by molar-refractivity contribution is -0.571. The van der Waals surface area contributed by atoms with E-state index in [1.165, 1.54) is 6.42 Å². The quantitative estimate of drug-likeness (QED) is 0.808. The molecule has 2 bridgehead atoms. The topological polar surface area (TPSA) is 57.2 Å². The first-order chi connectivity index (χ1) is 11.0. The number of hydrogen-bond acceptors (Lipinski definition) is 5. The van der Waals surface area contributed by atoms with Crippen molar-refractivity contribution in [2.75, 3.05) is 6.61 Å². The summed E-state index contributed by atoms with van der Waals surface area (Å²) < 4.78 is 12.7. The highest BCUT2D eigenvalue weighted by Crippen LogP contribution is 2.60. The summed E-state index contributed by atoms with van der Waals surface area (Å²) in [7, 11) is 0. The Balaban J connectivity index is 1.70. The van der Waals surface area contributed by atoms with E-state index < -0.39 is 11.4 Å². The molecule has 0 radical (unpaired) electrons. The Morgan fingerprint density at radius 2 is 1.91 bits per heavy atom. The van der Waals surface area contributed by atoms with E-state index in [1.54, 1.807) is 0 Å². The maximum absolute atomic E-state index is 9.19. The normalized spacial score (nSPS) is 55.3. The maximum atomic E-state index is 9.19. The second-order valence-corrected chi connectivity index (χ2v) is 8.31. The van der Waals surface area contributed by atoms with Gasteiger partial charge in [-0.1, -0.05) is 13.8 Å². The summed E-state index contributed by atoms with van der Waals surface area (Å²) in [4.78, 5) is 11.9. The third-order valence-electron chi connectivity index (χ3n) is 6.94. The molecule has 0 aromatic rings. The van der Waals surface area contributed by atoms with Gasteiger partial charge in [-0.3, -0.25) is 0 Å². The Bertz CT molecular complexity index is 457. The van der Waals surface area contributed by atoms with Gasteiger partial charge < -0.3 is 14.6 Å². The zero-order valence-corrected chi connectivity index (χ0v) is 14.5. The molecule has 0 amide bonds. The molecule has 4 heterocycles. The van der Waals surface area contributed by atoms with Gasteiger partial charge in [-0.05, 0) is 56.8 Å². The maximum Gasteiger partial charge on any atom is 0.201 e. The van der Waals surface area contributed by atoms with Crippen molar-refractivity contribution < 1.29 is 24.4 Å². The van der Waals surface area contributed by atoms with Gasteiger partial charge in [0.05, 0.1) is 6.10 Å². The lowest BCUT2D eigenvalue weighted by Gasteiger charge is -2.60. The van der Waals surface area contributed by atoms with Crippen LogP contribution in [0.25, 0.3) is 0 Å². The van der Waals surface area contributed by atoms with Crippen molar-refractivity contribution >= 4 is 0 Å². The smallest absolute Gasteiger partial charge is 0.201 e. The molecule has 1 spiro atoms. The molecule has 4 aliphatic heterocycles. The molecule has 5 fully saturated rings. The van der Waals surface area contributed by atoms with E-state index in [2.05, 4.69) is 13.8 Å². The van der Waals surface area contributed by atoms with Crippen molar-refractivity contribution in [2.24, 2.45) is 23.7 Å². The number of ether oxygens (including phenoxy) is 2. The second-order valence-electron chi connectivity index (χ2n) is 8.31. The van der Waals surface area contributed by atoms with Crippen LogP contribution in [0, 0.1) is 23.7 Å². The van der Waals surface area contributed by atoms with Crippen molar-refractivity contribution in [1.82, 2.24) is 0 Å². The van der Waals surface area contributed by atoms with Crippen LogP contribution in [0.3, 0.4) is 0 Å². The summed E-state index contributed by atoms with van der Waals surface area (Å²) in [6.07, 6.45) is 5.73. The summed E-state index contributed by atoms with van der Waals surface area (Å²) in [5, 5.41) is 9.19. The fourth-order valence-corrected chi connectivity index (χ4v) is 5.60. The SMILES string of the molecule is C[C@H]1[C@H](CCCO)O[C@@H]2O[C@]3(C)CC[C@H]4[C@H](C)CC[C@@H]1[C@@]24OO3. The van der Waals surface area contributed by atoms with E-state index in [0.29, 0.717) is 23.7 Å². The third-order valence-corrected chi connectivity index (χ3v) is 6.94. The number of hydrogen-bond donors (Lipinski definition) is 1. The molecule has 0 unspecified atom stereocenters. The van der Waals surface area contributed by atoms with E-state index in [4.69, 9.17) is 19.2 Å². The zero-order valence-electron chi connectivity index (χ0n) is 14.5. The Kier molecular flexibility index (Phi) is 4.01. The summed E-state index contributed by atoms with van der Waals surface area (Å²) in [5.41, 5.74) is -0.456.